The Balaban J connectivity index is 1.99. The standard InChI is InChI=1S/C18H25NO4/c1-18(2,3)14-8-4-5-9-15(14)23-12-16(20)19-10-6-7-13(11-19)17(21)22/h4-5,8-9,13H,6-7,10-12H2,1-3H3,(H,21,22). The van der Waals surface area contributed by atoms with Gasteiger partial charge in [0, 0.05) is 13.1 Å². The third-order valence-electron chi connectivity index (χ3n) is 4.17. The van der Waals surface area contributed by atoms with Crippen LogP contribution in [0.2, 0.25) is 0 Å². The number of carboxylic acids is 1. The number of carbonyl (C=O) groups excluding carboxylic acids is 1. The van der Waals surface area contributed by atoms with E-state index in [1.807, 2.05) is 24.3 Å². The van der Waals surface area contributed by atoms with Crippen molar-refractivity contribution in [3.63, 3.8) is 0 Å². The summed E-state index contributed by atoms with van der Waals surface area (Å²) in [7, 11) is 0. The normalized spacial score (nSPS) is 18.6. The van der Waals surface area contributed by atoms with Gasteiger partial charge in [-0.05, 0) is 29.9 Å². The first kappa shape index (κ1) is 17.3. The number of aliphatic carboxylic acids is 1. The average molecular weight is 319 g/mol. The SMILES string of the molecule is CC(C)(C)c1ccccc1OCC(=O)N1CCCC(C(=O)O)C1. The maximum atomic E-state index is 12.3. The zero-order chi connectivity index (χ0) is 17.0. The topological polar surface area (TPSA) is 66.8 Å². The van der Waals surface area contributed by atoms with Crippen LogP contribution in [0.3, 0.4) is 0 Å². The van der Waals surface area contributed by atoms with Crippen molar-refractivity contribution in [2.45, 2.75) is 39.0 Å². The van der Waals surface area contributed by atoms with Crippen molar-refractivity contribution < 1.29 is 19.4 Å². The molecule has 1 aliphatic rings. The van der Waals surface area contributed by atoms with E-state index in [0.717, 1.165) is 12.0 Å². The lowest BCUT2D eigenvalue weighted by Gasteiger charge is -2.31. The highest BCUT2D eigenvalue weighted by Crippen LogP contribution is 2.31. The second-order valence-corrected chi connectivity index (χ2v) is 7.05. The largest absolute Gasteiger partial charge is 0.483 e. The van der Waals surface area contributed by atoms with Crippen LogP contribution in [0.5, 0.6) is 5.75 Å². The van der Waals surface area contributed by atoms with Gasteiger partial charge in [-0.1, -0.05) is 39.0 Å². The summed E-state index contributed by atoms with van der Waals surface area (Å²) < 4.78 is 5.74. The third-order valence-corrected chi connectivity index (χ3v) is 4.17. The van der Waals surface area contributed by atoms with Gasteiger partial charge in [-0.3, -0.25) is 9.59 Å². The van der Waals surface area contributed by atoms with E-state index in [9.17, 15) is 9.59 Å². The quantitative estimate of drug-likeness (QED) is 0.926. The number of carboxylic acid groups (broad SMARTS) is 1. The van der Waals surface area contributed by atoms with Crippen LogP contribution in [0.1, 0.15) is 39.2 Å². The predicted octanol–water partition coefficient (Wildman–Crippen LogP) is 2.69. The first-order chi connectivity index (χ1) is 10.8. The van der Waals surface area contributed by atoms with Crippen LogP contribution >= 0.6 is 0 Å². The molecule has 0 saturated carbocycles. The summed E-state index contributed by atoms with van der Waals surface area (Å²) >= 11 is 0. The molecule has 1 aromatic carbocycles. The van der Waals surface area contributed by atoms with E-state index in [2.05, 4.69) is 20.8 Å². The number of nitrogens with zero attached hydrogens (tertiary/aromatic N) is 1. The molecule has 1 N–H and O–H groups in total. The lowest BCUT2D eigenvalue weighted by molar-refractivity contribution is -0.146. The molecule has 1 amide bonds. The number of hydrogen-bond donors (Lipinski definition) is 1. The summed E-state index contributed by atoms with van der Waals surface area (Å²) in [5.74, 6) is -0.740. The summed E-state index contributed by atoms with van der Waals surface area (Å²) in [6.45, 7) is 7.11. The molecule has 1 atom stereocenters. The number of benzene rings is 1. The van der Waals surface area contributed by atoms with Crippen LogP contribution in [0.4, 0.5) is 0 Å². The molecule has 0 radical (unpaired) electrons. The number of hydrogen-bond acceptors (Lipinski definition) is 3. The first-order valence-electron chi connectivity index (χ1n) is 8.02. The van der Waals surface area contributed by atoms with Gasteiger partial charge in [-0.25, -0.2) is 0 Å². The Bertz CT molecular complexity index is 577. The lowest BCUT2D eigenvalue weighted by Crippen LogP contribution is -2.44. The van der Waals surface area contributed by atoms with Gasteiger partial charge < -0.3 is 14.7 Å². The minimum atomic E-state index is -0.832. The fraction of sp³-hybridized carbons (Fsp3) is 0.556. The van der Waals surface area contributed by atoms with Crippen molar-refractivity contribution in [2.24, 2.45) is 5.92 Å². The molecule has 0 aromatic heterocycles. The summed E-state index contributed by atoms with van der Waals surface area (Å²) in [6, 6.07) is 7.71. The van der Waals surface area contributed by atoms with E-state index in [-0.39, 0.29) is 24.5 Å². The average Bonchev–Trinajstić information content (AvgIpc) is 2.52. The van der Waals surface area contributed by atoms with Gasteiger partial charge in [0.2, 0.25) is 0 Å². The Kier molecular flexibility index (Phi) is 5.29. The van der Waals surface area contributed by atoms with Gasteiger partial charge in [0.15, 0.2) is 6.61 Å². The number of ether oxygens (including phenoxy) is 1. The van der Waals surface area contributed by atoms with E-state index in [0.29, 0.717) is 18.7 Å². The zero-order valence-electron chi connectivity index (χ0n) is 14.0. The number of piperidine rings is 1. The van der Waals surface area contributed by atoms with E-state index in [1.165, 1.54) is 0 Å². The molecular formula is C18H25NO4. The van der Waals surface area contributed by atoms with Gasteiger partial charge in [-0.2, -0.15) is 0 Å². The van der Waals surface area contributed by atoms with Crippen LogP contribution in [-0.4, -0.2) is 41.6 Å². The molecule has 0 aliphatic carbocycles. The second kappa shape index (κ2) is 7.02. The monoisotopic (exact) mass is 319 g/mol. The Hall–Kier alpha value is -2.04. The van der Waals surface area contributed by atoms with Gasteiger partial charge in [0.1, 0.15) is 5.75 Å². The van der Waals surface area contributed by atoms with Gasteiger partial charge in [-0.15, -0.1) is 0 Å². The van der Waals surface area contributed by atoms with Crippen molar-refractivity contribution >= 4 is 11.9 Å². The summed E-state index contributed by atoms with van der Waals surface area (Å²) in [5.41, 5.74) is 0.981. The highest BCUT2D eigenvalue weighted by Gasteiger charge is 2.28. The molecular weight excluding hydrogens is 294 g/mol. The van der Waals surface area contributed by atoms with E-state index < -0.39 is 11.9 Å². The number of rotatable bonds is 4. The molecule has 126 valence electrons. The van der Waals surface area contributed by atoms with Crippen molar-refractivity contribution in [3.05, 3.63) is 29.8 Å². The van der Waals surface area contributed by atoms with Crippen LogP contribution in [0, 0.1) is 5.92 Å². The van der Waals surface area contributed by atoms with Gasteiger partial charge in [0.25, 0.3) is 5.91 Å². The molecule has 1 fully saturated rings. The van der Waals surface area contributed by atoms with Gasteiger partial charge in [0.05, 0.1) is 5.92 Å². The minimum Gasteiger partial charge on any atom is -0.483 e. The van der Waals surface area contributed by atoms with Crippen molar-refractivity contribution in [2.75, 3.05) is 19.7 Å². The van der Waals surface area contributed by atoms with E-state index in [4.69, 9.17) is 9.84 Å². The lowest BCUT2D eigenvalue weighted by atomic mass is 9.86. The van der Waals surface area contributed by atoms with Crippen LogP contribution < -0.4 is 4.74 Å². The molecule has 1 aromatic rings. The zero-order valence-corrected chi connectivity index (χ0v) is 14.0. The van der Waals surface area contributed by atoms with Crippen LogP contribution in [0.15, 0.2) is 24.3 Å². The molecule has 5 heteroatoms. The smallest absolute Gasteiger partial charge is 0.308 e. The van der Waals surface area contributed by atoms with Crippen molar-refractivity contribution in [1.82, 2.24) is 4.90 Å². The Labute approximate surface area is 137 Å². The number of para-hydroxylation sites is 1. The van der Waals surface area contributed by atoms with Crippen LogP contribution in [-0.2, 0) is 15.0 Å². The molecule has 23 heavy (non-hydrogen) atoms. The summed E-state index contributed by atoms with van der Waals surface area (Å²) in [4.78, 5) is 25.0. The van der Waals surface area contributed by atoms with E-state index >= 15 is 0 Å². The highest BCUT2D eigenvalue weighted by atomic mass is 16.5. The molecule has 2 rings (SSSR count). The molecule has 0 spiro atoms. The fourth-order valence-electron chi connectivity index (χ4n) is 2.85. The number of likely N-dealkylation sites (tertiary alicyclic amines) is 1. The number of amides is 1. The molecule has 5 nitrogen and oxygen atoms in total. The third kappa shape index (κ3) is 4.47. The van der Waals surface area contributed by atoms with Crippen molar-refractivity contribution in [3.8, 4) is 5.75 Å². The maximum absolute atomic E-state index is 12.3. The van der Waals surface area contributed by atoms with Gasteiger partial charge >= 0.3 is 5.97 Å². The van der Waals surface area contributed by atoms with E-state index in [1.54, 1.807) is 4.90 Å². The second-order valence-electron chi connectivity index (χ2n) is 7.05. The molecule has 1 heterocycles. The Morgan fingerprint density at radius 2 is 2.00 bits per heavy atom. The van der Waals surface area contributed by atoms with Crippen LogP contribution in [0.25, 0.3) is 0 Å². The van der Waals surface area contributed by atoms with Crippen molar-refractivity contribution in [1.29, 1.82) is 0 Å². The maximum Gasteiger partial charge on any atom is 0.308 e. The molecule has 1 unspecified atom stereocenters. The highest BCUT2D eigenvalue weighted by molar-refractivity contribution is 5.79. The number of carbonyl (C=O) groups is 2. The summed E-state index contributed by atoms with van der Waals surface area (Å²) in [6.07, 6.45) is 1.36. The fourth-order valence-corrected chi connectivity index (χ4v) is 2.85. The molecule has 1 aliphatic heterocycles. The Morgan fingerprint density at radius 3 is 2.65 bits per heavy atom. The molecule has 0 bridgehead atoms. The minimum absolute atomic E-state index is 0.0561. The Morgan fingerprint density at radius 1 is 1.30 bits per heavy atom. The summed E-state index contributed by atoms with van der Waals surface area (Å²) in [5, 5.41) is 9.10. The molecule has 1 saturated heterocycles. The predicted molar refractivity (Wildman–Crippen MR) is 87.6 cm³/mol. The first-order valence-corrected chi connectivity index (χ1v) is 8.02.